The minimum absolute atomic E-state index is 0.122. The number of aliphatic hydroxyl groups is 1. The predicted molar refractivity (Wildman–Crippen MR) is 254 cm³/mol. The number of para-hydroxylation sites is 2. The molecule has 8 aromatic rings. The molecule has 0 unspecified atom stereocenters. The molecule has 2 amide bonds. The molecule has 1 aliphatic carbocycles. The number of benzene rings is 6. The molecule has 3 aliphatic rings. The lowest BCUT2D eigenvalue weighted by molar-refractivity contribution is -0.278. The van der Waals surface area contributed by atoms with E-state index in [4.69, 9.17) is 23.7 Å². The fourth-order valence-electron chi connectivity index (χ4n) is 9.88. The van der Waals surface area contributed by atoms with E-state index in [-0.39, 0.29) is 45.2 Å². The van der Waals surface area contributed by atoms with E-state index >= 15 is 4.79 Å². The van der Waals surface area contributed by atoms with Gasteiger partial charge in [0.15, 0.2) is 6.23 Å². The summed E-state index contributed by atoms with van der Waals surface area (Å²) in [6.07, 6.45) is -4.44. The molecule has 4 heterocycles. The molecule has 0 radical (unpaired) electrons. The highest BCUT2D eigenvalue weighted by Crippen LogP contribution is 2.49. The second kappa shape index (κ2) is 18.7. The lowest BCUT2D eigenvalue weighted by Crippen LogP contribution is -2.58. The SMILES string of the molecule is O=C1C2=C(C(=O)N1COCc1ccccc1)c1c(n([C@@H]3O[C@H](COCc4ccccc4)[C@@H](OCc4ccccc4)[C@H](OCc4ccccc4)[C@H]3O)c3ccccc13)Cc1[nH]c3ccccc3c12. The van der Waals surface area contributed by atoms with Crippen molar-refractivity contribution in [3.05, 3.63) is 215 Å². The Morgan fingerprint density at radius 3 is 1.70 bits per heavy atom. The Labute approximate surface area is 387 Å². The Balaban J connectivity index is 1.03. The Hall–Kier alpha value is -6.96. The molecule has 11 heteroatoms. The van der Waals surface area contributed by atoms with Gasteiger partial charge in [0, 0.05) is 45.2 Å². The number of hydrogen-bond donors (Lipinski definition) is 2. The van der Waals surface area contributed by atoms with Crippen LogP contribution in [0.1, 0.15) is 51.0 Å². The minimum atomic E-state index is -1.28. The summed E-state index contributed by atoms with van der Waals surface area (Å²) in [5.74, 6) is -0.882. The van der Waals surface area contributed by atoms with Gasteiger partial charge in [0.1, 0.15) is 31.1 Å². The number of aromatic nitrogens is 2. The quantitative estimate of drug-likeness (QED) is 0.0978. The van der Waals surface area contributed by atoms with Crippen molar-refractivity contribution in [1.29, 1.82) is 0 Å². The highest BCUT2D eigenvalue weighted by Gasteiger charge is 2.51. The van der Waals surface area contributed by atoms with Crippen LogP contribution in [0, 0.1) is 0 Å². The molecule has 6 aromatic carbocycles. The van der Waals surface area contributed by atoms with Gasteiger partial charge in [0.25, 0.3) is 11.8 Å². The summed E-state index contributed by atoms with van der Waals surface area (Å²) in [6.45, 7) is 0.898. The van der Waals surface area contributed by atoms with E-state index in [0.717, 1.165) is 49.8 Å². The Morgan fingerprint density at radius 2 is 1.07 bits per heavy atom. The van der Waals surface area contributed by atoms with E-state index < -0.39 is 42.5 Å². The van der Waals surface area contributed by atoms with Crippen molar-refractivity contribution in [2.45, 2.75) is 63.5 Å². The molecule has 1 saturated heterocycles. The van der Waals surface area contributed by atoms with E-state index in [1.807, 2.05) is 174 Å². The Kier molecular flexibility index (Phi) is 11.9. The number of imide groups is 1. The maximum atomic E-state index is 15.1. The molecule has 5 atom stereocenters. The molecule has 336 valence electrons. The van der Waals surface area contributed by atoms with Gasteiger partial charge in [0.2, 0.25) is 0 Å². The number of carbonyl (C=O) groups excluding carboxylic acids is 2. The van der Waals surface area contributed by atoms with Crippen LogP contribution in [0.4, 0.5) is 0 Å². The number of H-pyrrole nitrogens is 1. The number of nitrogens with zero attached hydrogens (tertiary/aromatic N) is 2. The summed E-state index contributed by atoms with van der Waals surface area (Å²) in [6, 6.07) is 54.9. The molecular formula is C56H49N3O8. The van der Waals surface area contributed by atoms with E-state index in [1.54, 1.807) is 0 Å². The highest BCUT2D eigenvalue weighted by atomic mass is 16.6. The van der Waals surface area contributed by atoms with Gasteiger partial charge in [0.05, 0.1) is 49.7 Å². The smallest absolute Gasteiger partial charge is 0.264 e. The second-order valence-corrected chi connectivity index (χ2v) is 17.2. The zero-order valence-electron chi connectivity index (χ0n) is 36.7. The highest BCUT2D eigenvalue weighted by molar-refractivity contribution is 6.51. The maximum Gasteiger partial charge on any atom is 0.264 e. The number of fused-ring (bicyclic) bond motifs is 8. The van der Waals surface area contributed by atoms with Crippen LogP contribution in [0.2, 0.25) is 0 Å². The summed E-state index contributed by atoms with van der Waals surface area (Å²) >= 11 is 0. The van der Waals surface area contributed by atoms with Crippen molar-refractivity contribution in [1.82, 2.24) is 14.5 Å². The van der Waals surface area contributed by atoms with Gasteiger partial charge in [-0.1, -0.05) is 158 Å². The van der Waals surface area contributed by atoms with Crippen molar-refractivity contribution in [3.63, 3.8) is 0 Å². The Bertz CT molecular complexity index is 3080. The van der Waals surface area contributed by atoms with E-state index in [9.17, 15) is 9.90 Å². The van der Waals surface area contributed by atoms with Gasteiger partial charge >= 0.3 is 0 Å². The molecule has 0 spiro atoms. The van der Waals surface area contributed by atoms with Gasteiger partial charge in [-0.2, -0.15) is 0 Å². The van der Waals surface area contributed by atoms with Crippen molar-refractivity contribution in [3.8, 4) is 0 Å². The summed E-state index contributed by atoms with van der Waals surface area (Å²) in [7, 11) is 0. The number of aromatic amines is 1. The van der Waals surface area contributed by atoms with E-state index in [1.165, 1.54) is 4.90 Å². The second-order valence-electron chi connectivity index (χ2n) is 17.2. The molecule has 11 rings (SSSR count). The number of aliphatic hydroxyl groups excluding tert-OH is 1. The first-order chi connectivity index (χ1) is 33.0. The summed E-state index contributed by atoms with van der Waals surface area (Å²) in [4.78, 5) is 34.8. The molecule has 11 nitrogen and oxygen atoms in total. The average Bonchev–Trinajstić information content (AvgIpc) is 3.93. The topological polar surface area (TPSA) is 124 Å². The summed E-state index contributed by atoms with van der Waals surface area (Å²) < 4.78 is 35.3. The zero-order chi connectivity index (χ0) is 45.3. The predicted octanol–water partition coefficient (Wildman–Crippen LogP) is 9.13. The van der Waals surface area contributed by atoms with Gasteiger partial charge in [-0.3, -0.25) is 9.59 Å². The van der Waals surface area contributed by atoms with Gasteiger partial charge in [-0.05, 0) is 34.4 Å². The third-order valence-corrected chi connectivity index (χ3v) is 13.0. The third kappa shape index (κ3) is 8.20. The summed E-state index contributed by atoms with van der Waals surface area (Å²) in [5.41, 5.74) is 8.73. The minimum Gasteiger partial charge on any atom is -0.386 e. The molecule has 0 saturated carbocycles. The van der Waals surface area contributed by atoms with E-state index in [0.29, 0.717) is 29.0 Å². The average molecular weight is 892 g/mol. The lowest BCUT2D eigenvalue weighted by Gasteiger charge is -2.45. The maximum absolute atomic E-state index is 15.1. The molecule has 2 N–H and O–H groups in total. The molecule has 0 bridgehead atoms. The number of nitrogens with one attached hydrogen (secondary N) is 1. The van der Waals surface area contributed by atoms with Gasteiger partial charge in [-0.15, -0.1) is 0 Å². The van der Waals surface area contributed by atoms with Crippen LogP contribution in [0.15, 0.2) is 170 Å². The van der Waals surface area contributed by atoms with Crippen molar-refractivity contribution in [2.24, 2.45) is 0 Å². The monoisotopic (exact) mass is 891 g/mol. The standard InChI is InChI=1S/C56H49N3O8/c60-51-53(66-33-39-23-11-4-12-24-39)52(65-32-38-21-9-3-10-22-38)46(34-63-30-36-17-5-1-6-18-36)67-56(51)59-44-28-16-14-26-41(44)48-45(59)29-43-47(40-25-13-15-27-42(40)57-43)49-50(48)55(62)58(54(49)61)35-64-31-37-19-7-2-8-20-37/h1-28,46,51-53,56-57,60H,29-35H2/t46-,51-,52-,53-,56-/m1/s1. The third-order valence-electron chi connectivity index (χ3n) is 13.0. The van der Waals surface area contributed by atoms with Crippen molar-refractivity contribution >= 4 is 44.8 Å². The number of ether oxygens (including phenoxy) is 5. The van der Waals surface area contributed by atoms with Crippen molar-refractivity contribution in [2.75, 3.05) is 13.3 Å². The lowest BCUT2D eigenvalue weighted by atomic mass is 9.95. The first kappa shape index (κ1) is 42.7. The molecule has 2 aromatic heterocycles. The molecule has 2 aliphatic heterocycles. The van der Waals surface area contributed by atoms with Crippen LogP contribution in [0.25, 0.3) is 33.0 Å². The number of rotatable bonds is 15. The number of carbonyl (C=O) groups is 2. The molecule has 1 fully saturated rings. The number of hydrogen-bond acceptors (Lipinski definition) is 8. The van der Waals surface area contributed by atoms with Gasteiger partial charge < -0.3 is 38.3 Å². The fourth-order valence-corrected chi connectivity index (χ4v) is 9.88. The summed E-state index contributed by atoms with van der Waals surface area (Å²) in [5, 5.41) is 14.5. The van der Waals surface area contributed by atoms with Crippen LogP contribution in [0.5, 0.6) is 0 Å². The van der Waals surface area contributed by atoms with Crippen LogP contribution in [-0.4, -0.2) is 69.1 Å². The van der Waals surface area contributed by atoms with Crippen molar-refractivity contribution < 1.29 is 38.4 Å². The molecule has 67 heavy (non-hydrogen) atoms. The van der Waals surface area contributed by atoms with E-state index in [2.05, 4.69) is 4.98 Å². The fraction of sp³-hybridized carbons (Fsp3) is 0.214. The van der Waals surface area contributed by atoms with Gasteiger partial charge in [-0.25, -0.2) is 4.90 Å². The normalized spacial score (nSPS) is 20.3. The largest absolute Gasteiger partial charge is 0.386 e. The van der Waals surface area contributed by atoms with Crippen LogP contribution < -0.4 is 0 Å². The van der Waals surface area contributed by atoms with Crippen LogP contribution in [-0.2, 0) is 66.1 Å². The first-order valence-corrected chi connectivity index (χ1v) is 22.7. The van der Waals surface area contributed by atoms with Crippen LogP contribution in [0.3, 0.4) is 0 Å². The number of amides is 2. The molecular weight excluding hydrogens is 843 g/mol. The van der Waals surface area contributed by atoms with Crippen LogP contribution >= 0.6 is 0 Å². The zero-order valence-corrected chi connectivity index (χ0v) is 36.7. The Morgan fingerprint density at radius 1 is 0.567 bits per heavy atom. The first-order valence-electron chi connectivity index (χ1n) is 22.7.